The van der Waals surface area contributed by atoms with Crippen molar-refractivity contribution in [3.8, 4) is 5.75 Å². The molecule has 4 nitrogen and oxygen atoms in total. The highest BCUT2D eigenvalue weighted by Crippen LogP contribution is 2.36. The summed E-state index contributed by atoms with van der Waals surface area (Å²) >= 11 is 0. The Morgan fingerprint density at radius 2 is 1.33 bits per heavy atom. The van der Waals surface area contributed by atoms with Crippen LogP contribution in [-0.4, -0.2) is 11.3 Å². The summed E-state index contributed by atoms with van der Waals surface area (Å²) in [5, 5.41) is 10.1. The fourth-order valence-corrected chi connectivity index (χ4v) is 0.966. The molecule has 1 rings (SSSR count). The van der Waals surface area contributed by atoms with E-state index in [9.17, 15) is 40.8 Å². The molecule has 0 heterocycles. The molecule has 18 heavy (non-hydrogen) atoms. The Bertz CT molecular complexity index is 484. The topological polar surface area (TPSA) is 52.4 Å². The van der Waals surface area contributed by atoms with E-state index in [2.05, 4.69) is 4.74 Å². The third kappa shape index (κ3) is 2.43. The van der Waals surface area contributed by atoms with Crippen LogP contribution in [0.5, 0.6) is 5.75 Å². The zero-order valence-corrected chi connectivity index (χ0v) is 7.82. The van der Waals surface area contributed by atoms with E-state index in [1.165, 1.54) is 0 Å². The number of rotatable bonds is 2. The molecule has 0 amide bonds. The molecule has 0 saturated heterocycles. The Morgan fingerprint density at radius 1 is 0.944 bits per heavy atom. The standard InChI is InChI=1S/C7F7NO3/c8-1-3(10)6(18-7(12,13)14)4(11)2(9)5(1)15(16)17. The molecule has 0 aliphatic rings. The minimum atomic E-state index is -5.63. The number of ether oxygens (including phenoxy) is 1. The average molecular weight is 279 g/mol. The molecular formula is C7F7NO3. The van der Waals surface area contributed by atoms with Crippen molar-refractivity contribution >= 4 is 5.69 Å². The summed E-state index contributed by atoms with van der Waals surface area (Å²) < 4.78 is 89.3. The molecule has 1 aromatic rings. The quantitative estimate of drug-likeness (QED) is 0.362. The normalized spacial score (nSPS) is 11.5. The number of nitro groups is 1. The predicted octanol–water partition coefficient (Wildman–Crippen LogP) is 3.05. The number of hydrogen-bond donors (Lipinski definition) is 0. The van der Waals surface area contributed by atoms with Crippen LogP contribution in [0.4, 0.5) is 36.4 Å². The van der Waals surface area contributed by atoms with Crippen LogP contribution >= 0.6 is 0 Å². The smallest absolute Gasteiger partial charge is 0.399 e. The van der Waals surface area contributed by atoms with E-state index in [-0.39, 0.29) is 0 Å². The maximum atomic E-state index is 12.9. The Kier molecular flexibility index (Phi) is 3.35. The lowest BCUT2D eigenvalue weighted by Crippen LogP contribution is -2.20. The Hall–Kier alpha value is -2.07. The van der Waals surface area contributed by atoms with Gasteiger partial charge in [-0.25, -0.2) is 0 Å². The Morgan fingerprint density at radius 3 is 1.61 bits per heavy atom. The van der Waals surface area contributed by atoms with E-state index in [4.69, 9.17) is 0 Å². The van der Waals surface area contributed by atoms with E-state index in [0.29, 0.717) is 0 Å². The van der Waals surface area contributed by atoms with Crippen molar-refractivity contribution in [2.75, 3.05) is 0 Å². The molecule has 0 aliphatic heterocycles. The van der Waals surface area contributed by atoms with Crippen molar-refractivity contribution in [1.29, 1.82) is 0 Å². The lowest BCUT2D eigenvalue weighted by Gasteiger charge is -2.11. The predicted molar refractivity (Wildman–Crippen MR) is 39.6 cm³/mol. The van der Waals surface area contributed by atoms with E-state index >= 15 is 0 Å². The summed E-state index contributed by atoms with van der Waals surface area (Å²) in [4.78, 5) is 8.25. The van der Waals surface area contributed by atoms with Gasteiger partial charge in [0.1, 0.15) is 0 Å². The van der Waals surface area contributed by atoms with Crippen molar-refractivity contribution in [2.45, 2.75) is 6.36 Å². The second-order valence-corrected chi connectivity index (χ2v) is 2.74. The first kappa shape index (κ1) is 14.0. The maximum Gasteiger partial charge on any atom is 0.573 e. The first-order chi connectivity index (χ1) is 8.06. The van der Waals surface area contributed by atoms with Gasteiger partial charge in [0.25, 0.3) is 0 Å². The second-order valence-electron chi connectivity index (χ2n) is 2.74. The molecule has 11 heteroatoms. The highest BCUT2D eigenvalue weighted by Gasteiger charge is 2.40. The molecule has 0 aliphatic carbocycles. The number of alkyl halides is 3. The number of nitro benzene ring substituents is 1. The van der Waals surface area contributed by atoms with Crippen LogP contribution in [0.1, 0.15) is 0 Å². The van der Waals surface area contributed by atoms with Gasteiger partial charge in [-0.1, -0.05) is 0 Å². The van der Waals surface area contributed by atoms with Crippen molar-refractivity contribution in [3.05, 3.63) is 33.4 Å². The van der Waals surface area contributed by atoms with E-state index in [1.807, 2.05) is 0 Å². The number of nitrogens with zero attached hydrogens (tertiary/aromatic N) is 1. The van der Waals surface area contributed by atoms with Crippen molar-refractivity contribution in [3.63, 3.8) is 0 Å². The van der Waals surface area contributed by atoms with Gasteiger partial charge < -0.3 is 4.74 Å². The van der Waals surface area contributed by atoms with E-state index in [1.54, 1.807) is 0 Å². The van der Waals surface area contributed by atoms with Gasteiger partial charge >= 0.3 is 12.0 Å². The lowest BCUT2D eigenvalue weighted by atomic mass is 10.2. The lowest BCUT2D eigenvalue weighted by molar-refractivity contribution is -0.391. The number of benzene rings is 1. The van der Waals surface area contributed by atoms with E-state index in [0.717, 1.165) is 0 Å². The molecule has 0 atom stereocenters. The summed E-state index contributed by atoms with van der Waals surface area (Å²) in [6.07, 6.45) is -5.63. The van der Waals surface area contributed by atoms with Gasteiger partial charge in [0.2, 0.25) is 29.0 Å². The molecule has 0 radical (unpaired) electrons. The molecule has 0 saturated carbocycles. The van der Waals surface area contributed by atoms with Crippen LogP contribution in [0.15, 0.2) is 0 Å². The maximum absolute atomic E-state index is 12.9. The van der Waals surface area contributed by atoms with Crippen LogP contribution in [-0.2, 0) is 0 Å². The highest BCUT2D eigenvalue weighted by atomic mass is 19.4. The summed E-state index contributed by atoms with van der Waals surface area (Å²) in [5.74, 6) is -12.9. The molecule has 1 aromatic carbocycles. The number of halogens is 7. The Labute approximate surface area is 92.7 Å². The summed E-state index contributed by atoms with van der Waals surface area (Å²) in [6.45, 7) is 0. The average Bonchev–Trinajstić information content (AvgIpc) is 2.20. The second kappa shape index (κ2) is 4.31. The van der Waals surface area contributed by atoms with Gasteiger partial charge in [-0.3, -0.25) is 10.1 Å². The minimum absolute atomic E-state index is 1.83. The van der Waals surface area contributed by atoms with Gasteiger partial charge in [0, 0.05) is 0 Å². The van der Waals surface area contributed by atoms with Crippen molar-refractivity contribution < 1.29 is 40.4 Å². The highest BCUT2D eigenvalue weighted by molar-refractivity contribution is 5.42. The van der Waals surface area contributed by atoms with Crippen LogP contribution in [0, 0.1) is 33.4 Å². The first-order valence-corrected chi connectivity index (χ1v) is 3.82. The van der Waals surface area contributed by atoms with E-state index < -0.39 is 46.0 Å². The van der Waals surface area contributed by atoms with Gasteiger partial charge in [-0.2, -0.15) is 17.6 Å². The monoisotopic (exact) mass is 279 g/mol. The van der Waals surface area contributed by atoms with Gasteiger partial charge in [-0.15, -0.1) is 13.2 Å². The Balaban J connectivity index is 3.54. The summed E-state index contributed by atoms with van der Waals surface area (Å²) in [5.41, 5.74) is -2.25. The van der Waals surface area contributed by atoms with Crippen LogP contribution in [0.25, 0.3) is 0 Å². The molecule has 0 aromatic heterocycles. The molecule has 100 valence electrons. The largest absolute Gasteiger partial charge is 0.573 e. The third-order valence-corrected chi connectivity index (χ3v) is 1.60. The van der Waals surface area contributed by atoms with Crippen LogP contribution < -0.4 is 4.74 Å². The van der Waals surface area contributed by atoms with Crippen molar-refractivity contribution in [1.82, 2.24) is 0 Å². The van der Waals surface area contributed by atoms with Gasteiger partial charge in [0.15, 0.2) is 0 Å². The SMILES string of the molecule is O=[N+]([O-])c1c(F)c(F)c(OC(F)(F)F)c(F)c1F. The minimum Gasteiger partial charge on any atom is -0.399 e. The first-order valence-electron chi connectivity index (χ1n) is 3.82. The zero-order valence-electron chi connectivity index (χ0n) is 7.82. The molecule has 0 fully saturated rings. The fraction of sp³-hybridized carbons (Fsp3) is 0.143. The summed E-state index contributed by atoms with van der Waals surface area (Å²) in [7, 11) is 0. The molecule has 0 unspecified atom stereocenters. The fourth-order valence-electron chi connectivity index (χ4n) is 0.966. The summed E-state index contributed by atoms with van der Waals surface area (Å²) in [6, 6.07) is 0. The van der Waals surface area contributed by atoms with Crippen molar-refractivity contribution in [2.24, 2.45) is 0 Å². The molecular weight excluding hydrogens is 279 g/mol. The molecule has 0 N–H and O–H groups in total. The molecule has 0 bridgehead atoms. The molecule has 0 spiro atoms. The zero-order chi connectivity index (χ0) is 14.2. The number of hydrogen-bond acceptors (Lipinski definition) is 3. The third-order valence-electron chi connectivity index (χ3n) is 1.60. The van der Waals surface area contributed by atoms with Gasteiger partial charge in [-0.05, 0) is 0 Å². The van der Waals surface area contributed by atoms with Crippen LogP contribution in [0.3, 0.4) is 0 Å². The van der Waals surface area contributed by atoms with Gasteiger partial charge in [0.05, 0.1) is 4.92 Å². The van der Waals surface area contributed by atoms with Crippen LogP contribution in [0.2, 0.25) is 0 Å².